The van der Waals surface area contributed by atoms with Crippen molar-refractivity contribution < 1.29 is 19.4 Å². The second kappa shape index (κ2) is 8.34. The third kappa shape index (κ3) is 4.35. The molecule has 160 valence electrons. The number of hydrogen-bond donors (Lipinski definition) is 3. The number of ether oxygens (including phenoxy) is 1. The largest absolute Gasteiger partial charge is 0.381 e. The van der Waals surface area contributed by atoms with Gasteiger partial charge >= 0.3 is 0 Å². The van der Waals surface area contributed by atoms with Crippen LogP contribution < -0.4 is 11.1 Å². The first-order valence-corrected chi connectivity index (χ1v) is 9.94. The molecule has 0 aliphatic carbocycles. The summed E-state index contributed by atoms with van der Waals surface area (Å²) < 4.78 is 5.36. The Labute approximate surface area is 179 Å². The summed E-state index contributed by atoms with van der Waals surface area (Å²) in [5.74, 6) is 5.14. The Kier molecular flexibility index (Phi) is 5.59. The smallest absolute Gasteiger partial charge is 0.267 e. The molecule has 0 saturated carbocycles. The van der Waals surface area contributed by atoms with Crippen LogP contribution in [0.1, 0.15) is 34.1 Å². The van der Waals surface area contributed by atoms with Gasteiger partial charge in [-0.25, -0.2) is 9.97 Å². The first kappa shape index (κ1) is 20.8. The van der Waals surface area contributed by atoms with Gasteiger partial charge in [0.2, 0.25) is 11.5 Å². The van der Waals surface area contributed by atoms with Gasteiger partial charge in [-0.1, -0.05) is 24.0 Å². The van der Waals surface area contributed by atoms with Gasteiger partial charge in [0.1, 0.15) is 5.69 Å². The molecule has 2 aromatic rings. The van der Waals surface area contributed by atoms with E-state index in [-0.39, 0.29) is 30.0 Å². The highest BCUT2D eigenvalue weighted by Crippen LogP contribution is 2.31. The number of benzene rings is 1. The number of hydrogen-bond acceptors (Lipinski definition) is 7. The van der Waals surface area contributed by atoms with E-state index in [9.17, 15) is 14.7 Å². The summed E-state index contributed by atoms with van der Waals surface area (Å²) in [5, 5.41) is 13.8. The van der Waals surface area contributed by atoms with E-state index in [0.717, 1.165) is 5.56 Å². The molecule has 4 rings (SSSR count). The fourth-order valence-electron chi connectivity index (χ4n) is 3.58. The molecule has 2 aliphatic heterocycles. The lowest BCUT2D eigenvalue weighted by atomic mass is 9.90. The van der Waals surface area contributed by atoms with Crippen LogP contribution in [0.4, 0.5) is 5.95 Å². The normalized spacial score (nSPS) is 21.7. The number of nitrogens with two attached hydrogens (primary N) is 1. The van der Waals surface area contributed by atoms with Gasteiger partial charge < -0.3 is 25.8 Å². The van der Waals surface area contributed by atoms with Crippen LogP contribution in [-0.4, -0.2) is 64.2 Å². The van der Waals surface area contributed by atoms with Crippen LogP contribution in [0.5, 0.6) is 0 Å². The zero-order valence-corrected chi connectivity index (χ0v) is 17.0. The number of nitrogens with one attached hydrogen (secondary N) is 1. The van der Waals surface area contributed by atoms with Crippen LogP contribution in [0.25, 0.3) is 0 Å². The highest BCUT2D eigenvalue weighted by atomic mass is 16.5. The van der Waals surface area contributed by atoms with E-state index in [0.29, 0.717) is 31.3 Å². The molecule has 31 heavy (non-hydrogen) atoms. The molecule has 4 N–H and O–H groups in total. The SMILES string of the molecule is CN1CC[C@@](O)(C#Cc2cccc(C(Nc3nccc(C(N)=O)n3)C3COC3)c2)C1=O. The molecule has 2 atom stereocenters. The van der Waals surface area contributed by atoms with E-state index in [4.69, 9.17) is 10.5 Å². The van der Waals surface area contributed by atoms with Gasteiger partial charge in [0.05, 0.1) is 19.3 Å². The predicted molar refractivity (Wildman–Crippen MR) is 112 cm³/mol. The van der Waals surface area contributed by atoms with Crippen molar-refractivity contribution in [2.45, 2.75) is 18.1 Å². The van der Waals surface area contributed by atoms with Crippen molar-refractivity contribution in [1.82, 2.24) is 14.9 Å². The molecule has 0 spiro atoms. The van der Waals surface area contributed by atoms with Gasteiger partial charge in [0, 0.05) is 37.7 Å². The lowest BCUT2D eigenvalue weighted by molar-refractivity contribution is -0.137. The molecule has 2 amide bonds. The molecule has 3 heterocycles. The van der Waals surface area contributed by atoms with Gasteiger partial charge in [-0.3, -0.25) is 9.59 Å². The average Bonchev–Trinajstić information content (AvgIpc) is 2.99. The Morgan fingerprint density at radius 3 is 2.87 bits per heavy atom. The molecule has 2 aliphatic rings. The van der Waals surface area contributed by atoms with Crippen molar-refractivity contribution in [2.24, 2.45) is 11.7 Å². The molecular weight excluding hydrogens is 398 g/mol. The van der Waals surface area contributed by atoms with E-state index >= 15 is 0 Å². The molecule has 1 aromatic carbocycles. The third-order valence-corrected chi connectivity index (χ3v) is 5.50. The summed E-state index contributed by atoms with van der Waals surface area (Å²) in [5.41, 5.74) is 5.39. The molecule has 2 saturated heterocycles. The number of anilines is 1. The van der Waals surface area contributed by atoms with E-state index in [1.165, 1.54) is 17.2 Å². The van der Waals surface area contributed by atoms with Crippen molar-refractivity contribution in [3.8, 4) is 11.8 Å². The van der Waals surface area contributed by atoms with Gasteiger partial charge in [-0.2, -0.15) is 0 Å². The van der Waals surface area contributed by atoms with Crippen molar-refractivity contribution in [3.63, 3.8) is 0 Å². The second-order valence-electron chi connectivity index (χ2n) is 7.76. The maximum Gasteiger partial charge on any atom is 0.267 e. The number of nitrogens with zero attached hydrogens (tertiary/aromatic N) is 3. The lowest BCUT2D eigenvalue weighted by Gasteiger charge is -2.34. The first-order chi connectivity index (χ1) is 14.9. The summed E-state index contributed by atoms with van der Waals surface area (Å²) in [6.07, 6.45) is 1.76. The van der Waals surface area contributed by atoms with E-state index < -0.39 is 11.5 Å². The van der Waals surface area contributed by atoms with Crippen LogP contribution in [-0.2, 0) is 9.53 Å². The summed E-state index contributed by atoms with van der Waals surface area (Å²) in [6, 6.07) is 8.80. The molecule has 9 nitrogen and oxygen atoms in total. The summed E-state index contributed by atoms with van der Waals surface area (Å²) in [4.78, 5) is 33.4. The lowest BCUT2D eigenvalue weighted by Crippen LogP contribution is -2.37. The van der Waals surface area contributed by atoms with Crippen LogP contribution in [0.15, 0.2) is 36.5 Å². The monoisotopic (exact) mass is 421 g/mol. The number of aliphatic hydroxyl groups is 1. The number of amides is 2. The van der Waals surface area contributed by atoms with Crippen molar-refractivity contribution in [2.75, 3.05) is 32.1 Å². The van der Waals surface area contributed by atoms with Gasteiger partial charge in [-0.15, -0.1) is 0 Å². The zero-order valence-electron chi connectivity index (χ0n) is 17.0. The molecule has 2 fully saturated rings. The van der Waals surface area contributed by atoms with Gasteiger partial charge in [0.25, 0.3) is 11.8 Å². The number of rotatable bonds is 5. The minimum atomic E-state index is -1.65. The maximum absolute atomic E-state index is 12.1. The number of carbonyl (C=O) groups excluding carboxylic acids is 2. The predicted octanol–water partition coefficient (Wildman–Crippen LogP) is 0.320. The number of aromatic nitrogens is 2. The minimum absolute atomic E-state index is 0.125. The standard InChI is InChI=1S/C22H23N5O4/c1-27-10-8-22(30,20(27)29)7-5-14-3-2-4-15(11-14)18(16-12-31-13-16)26-21-24-9-6-17(25-21)19(23)28/h2-4,6,9,11,16,18,30H,8,10,12-13H2,1H3,(H2,23,28)(H,24,25,26)/t18?,22-/m0/s1. The van der Waals surface area contributed by atoms with E-state index in [1.807, 2.05) is 24.3 Å². The van der Waals surface area contributed by atoms with Crippen LogP contribution >= 0.6 is 0 Å². The Hall–Kier alpha value is -3.48. The maximum atomic E-state index is 12.1. The number of primary amides is 1. The quantitative estimate of drug-likeness (QED) is 0.593. The van der Waals surface area contributed by atoms with E-state index in [1.54, 1.807) is 7.05 Å². The molecule has 0 bridgehead atoms. The summed E-state index contributed by atoms with van der Waals surface area (Å²) >= 11 is 0. The van der Waals surface area contributed by atoms with Gasteiger partial charge in [0.15, 0.2) is 0 Å². The third-order valence-electron chi connectivity index (χ3n) is 5.50. The minimum Gasteiger partial charge on any atom is -0.381 e. The van der Waals surface area contributed by atoms with Crippen LogP contribution in [0.3, 0.4) is 0 Å². The Bertz CT molecular complexity index is 1070. The van der Waals surface area contributed by atoms with Crippen LogP contribution in [0, 0.1) is 17.8 Å². The number of likely N-dealkylation sites (tertiary alicyclic amines) is 1. The molecule has 1 aromatic heterocycles. The second-order valence-corrected chi connectivity index (χ2v) is 7.76. The fourth-order valence-corrected chi connectivity index (χ4v) is 3.58. The number of likely N-dealkylation sites (N-methyl/N-ethyl adjacent to an activating group) is 1. The highest BCUT2D eigenvalue weighted by Gasteiger charge is 2.42. The summed E-state index contributed by atoms with van der Waals surface area (Å²) in [7, 11) is 1.65. The highest BCUT2D eigenvalue weighted by molar-refractivity contribution is 5.91. The molecule has 9 heteroatoms. The Morgan fingerprint density at radius 1 is 1.42 bits per heavy atom. The van der Waals surface area contributed by atoms with Crippen molar-refractivity contribution in [3.05, 3.63) is 53.3 Å². The van der Waals surface area contributed by atoms with Crippen LogP contribution in [0.2, 0.25) is 0 Å². The zero-order chi connectivity index (χ0) is 22.0. The number of carbonyl (C=O) groups is 2. The fraction of sp³-hybridized carbons (Fsp3) is 0.364. The Balaban J connectivity index is 1.59. The average molecular weight is 421 g/mol. The topological polar surface area (TPSA) is 131 Å². The van der Waals surface area contributed by atoms with E-state index in [2.05, 4.69) is 27.1 Å². The van der Waals surface area contributed by atoms with Gasteiger partial charge in [-0.05, 0) is 23.8 Å². The molecule has 1 unspecified atom stereocenters. The molecular formula is C22H23N5O4. The Morgan fingerprint density at radius 2 is 2.23 bits per heavy atom. The van der Waals surface area contributed by atoms with Crippen molar-refractivity contribution >= 4 is 17.8 Å². The van der Waals surface area contributed by atoms with Crippen molar-refractivity contribution in [1.29, 1.82) is 0 Å². The summed E-state index contributed by atoms with van der Waals surface area (Å²) in [6.45, 7) is 1.62. The first-order valence-electron chi connectivity index (χ1n) is 9.94. The molecule has 0 radical (unpaired) electrons.